The summed E-state index contributed by atoms with van der Waals surface area (Å²) in [5, 5.41) is 4.27. The average Bonchev–Trinajstić information content (AvgIpc) is 3.78. The van der Waals surface area contributed by atoms with Gasteiger partial charge in [0.15, 0.2) is 13.0 Å². The van der Waals surface area contributed by atoms with Crippen LogP contribution in [-0.4, -0.2) is 17.5 Å². The van der Waals surface area contributed by atoms with E-state index in [1.54, 1.807) is 35.6 Å². The quantitative estimate of drug-likeness (QED) is 0.130. The van der Waals surface area contributed by atoms with Crippen LogP contribution in [0.2, 0.25) is 0 Å². The third-order valence-corrected chi connectivity index (χ3v) is 16.8. The molecular weight excluding hydrogens is 693 g/mol. The van der Waals surface area contributed by atoms with E-state index in [4.69, 9.17) is 13.8 Å². The summed E-state index contributed by atoms with van der Waals surface area (Å²) in [6.07, 6.45) is 0. The molecule has 9 aromatic rings. The summed E-state index contributed by atoms with van der Waals surface area (Å²) in [5.41, 5.74) is 6.97. The number of rotatable bonds is 5. The Morgan fingerprint density at radius 1 is 0.667 bits per heavy atom. The van der Waals surface area contributed by atoms with Crippen LogP contribution in [0.25, 0.3) is 37.3 Å². The molecule has 0 fully saturated rings. The maximum absolute atomic E-state index is 9.90. The first kappa shape index (κ1) is 28.7. The molecule has 0 bridgehead atoms. The number of aromatic nitrogens is 2. The van der Waals surface area contributed by atoms with Crippen LogP contribution in [0.3, 0.4) is 0 Å². The Labute approximate surface area is 326 Å². The van der Waals surface area contributed by atoms with Crippen molar-refractivity contribution in [1.29, 1.82) is 0 Å². The molecule has 2 aromatic heterocycles. The van der Waals surface area contributed by atoms with Gasteiger partial charge >= 0.3 is 0 Å². The molecule has 0 saturated carbocycles. The molecule has 262 valence electrons. The lowest BCUT2D eigenvalue weighted by molar-refractivity contribution is 0.453. The minimum Gasteiger partial charge on any atom is -0.457 e. The number of benzene rings is 7. The van der Waals surface area contributed by atoms with Crippen molar-refractivity contribution in [2.75, 3.05) is 0 Å². The molecule has 0 saturated heterocycles. The zero-order valence-corrected chi connectivity index (χ0v) is 32.1. The molecule has 1 unspecified atom stereocenters. The molecule has 7 aromatic carbocycles. The van der Waals surface area contributed by atoms with Gasteiger partial charge in [0.25, 0.3) is 0 Å². The first-order chi connectivity index (χ1) is 27.9. The van der Waals surface area contributed by atoms with E-state index >= 15 is 0 Å². The first-order valence-corrected chi connectivity index (χ1v) is 21.2. The monoisotopic (exact) mass is 736 g/mol. The van der Waals surface area contributed by atoms with Crippen LogP contribution in [-0.2, 0) is 5.41 Å². The summed E-state index contributed by atoms with van der Waals surface area (Å²) in [4.78, 5) is 6.24. The van der Waals surface area contributed by atoms with Crippen molar-refractivity contribution in [2.45, 2.75) is 38.9 Å². The molecule has 0 spiro atoms. The van der Waals surface area contributed by atoms with E-state index < -0.39 is 20.8 Å². The number of hydrogen-bond acceptors (Lipinski definition) is 3. The second-order valence-electron chi connectivity index (χ2n) is 15.1. The third kappa shape index (κ3) is 4.88. The van der Waals surface area contributed by atoms with E-state index in [0.717, 1.165) is 53.4 Å². The summed E-state index contributed by atoms with van der Waals surface area (Å²) in [6, 6.07) is 56.0. The van der Waals surface area contributed by atoms with Gasteiger partial charge in [-0.25, -0.2) is 4.98 Å². The SMILES string of the molecule is [2H]C([2H])([2H])C1([2H])c2ccccc2Oc2c1cccc2[Si](c1ccccc1)(c1ccccc1)c1ccc(-c2cccc3c2nc2sc4ccccc4n23)c(C(C)(C)C)c1. The lowest BCUT2D eigenvalue weighted by Gasteiger charge is -2.38. The zero-order chi connectivity index (χ0) is 40.0. The highest BCUT2D eigenvalue weighted by atomic mass is 32.1. The number of fused-ring (bicyclic) bond motifs is 7. The van der Waals surface area contributed by atoms with Gasteiger partial charge in [-0.2, -0.15) is 0 Å². The maximum Gasteiger partial charge on any atom is 0.195 e. The molecule has 10 rings (SSSR count). The van der Waals surface area contributed by atoms with Crippen LogP contribution < -0.4 is 25.5 Å². The van der Waals surface area contributed by atoms with Crippen LogP contribution >= 0.6 is 11.3 Å². The molecule has 0 amide bonds. The van der Waals surface area contributed by atoms with Gasteiger partial charge in [0.2, 0.25) is 0 Å². The topological polar surface area (TPSA) is 26.5 Å². The summed E-state index contributed by atoms with van der Waals surface area (Å²) in [7, 11) is -3.37. The van der Waals surface area contributed by atoms with Gasteiger partial charge in [0.1, 0.15) is 11.5 Å². The standard InChI is InChI=1S/C49H40N2OSSi/c1-32-36-21-11-13-26-43(36)52-47-37(32)22-16-28-45(47)54(33-17-7-5-8-18-33,34-19-9-6-10-20-34)35-29-30-38(40(31-35)49(2,3)4)39-23-15-25-42-46(39)50-48-51(42)41-24-12-14-27-44(41)53-48/h5-32H,1-4H3/i1D3,32D. The van der Waals surface area contributed by atoms with Gasteiger partial charge in [0, 0.05) is 28.1 Å². The molecule has 0 N–H and O–H groups in total. The normalized spacial score (nSPS) is 16.9. The van der Waals surface area contributed by atoms with E-state index in [2.05, 4.69) is 140 Å². The van der Waals surface area contributed by atoms with Gasteiger partial charge in [-0.3, -0.25) is 4.40 Å². The van der Waals surface area contributed by atoms with Crippen LogP contribution in [0.1, 0.15) is 55.7 Å². The van der Waals surface area contributed by atoms with Crippen LogP contribution in [0.4, 0.5) is 0 Å². The van der Waals surface area contributed by atoms with Crippen molar-refractivity contribution in [2.24, 2.45) is 0 Å². The number of nitrogens with zero attached hydrogens (tertiary/aromatic N) is 2. The van der Waals surface area contributed by atoms with Gasteiger partial charge < -0.3 is 4.74 Å². The second-order valence-corrected chi connectivity index (χ2v) is 19.9. The highest BCUT2D eigenvalue weighted by molar-refractivity contribution is 7.23. The fraction of sp³-hybridized carbons (Fsp3) is 0.122. The maximum atomic E-state index is 9.90. The van der Waals surface area contributed by atoms with E-state index in [1.807, 2.05) is 24.3 Å². The molecule has 3 nitrogen and oxygen atoms in total. The lowest BCUT2D eigenvalue weighted by atomic mass is 9.81. The van der Waals surface area contributed by atoms with Crippen molar-refractivity contribution in [1.82, 2.24) is 9.38 Å². The average molecular weight is 737 g/mol. The van der Waals surface area contributed by atoms with Crippen molar-refractivity contribution < 1.29 is 10.2 Å². The van der Waals surface area contributed by atoms with E-state index in [0.29, 0.717) is 22.6 Å². The van der Waals surface area contributed by atoms with Crippen LogP contribution in [0.15, 0.2) is 164 Å². The van der Waals surface area contributed by atoms with Crippen molar-refractivity contribution in [3.8, 4) is 22.6 Å². The highest BCUT2D eigenvalue weighted by Crippen LogP contribution is 2.44. The van der Waals surface area contributed by atoms with Crippen molar-refractivity contribution in [3.05, 3.63) is 180 Å². The molecule has 54 heavy (non-hydrogen) atoms. The Balaban J connectivity index is 1.29. The highest BCUT2D eigenvalue weighted by Gasteiger charge is 2.46. The number of thiazole rings is 1. The Bertz CT molecular complexity index is 3000. The minimum absolute atomic E-state index is 0.284. The van der Waals surface area contributed by atoms with Gasteiger partial charge in [0.05, 0.1) is 21.3 Å². The number of para-hydroxylation sites is 4. The molecule has 0 aliphatic carbocycles. The molecule has 1 atom stereocenters. The molecule has 3 heterocycles. The fourth-order valence-electron chi connectivity index (χ4n) is 8.56. The Kier molecular flexibility index (Phi) is 6.60. The number of imidazole rings is 1. The molecule has 1 aliphatic heterocycles. The Morgan fingerprint density at radius 3 is 2.09 bits per heavy atom. The predicted molar refractivity (Wildman–Crippen MR) is 230 cm³/mol. The van der Waals surface area contributed by atoms with Gasteiger partial charge in [-0.15, -0.1) is 0 Å². The van der Waals surface area contributed by atoms with Gasteiger partial charge in [-0.1, -0.05) is 178 Å². The molecule has 5 heteroatoms. The van der Waals surface area contributed by atoms with Crippen molar-refractivity contribution in [3.63, 3.8) is 0 Å². The van der Waals surface area contributed by atoms with Crippen LogP contribution in [0.5, 0.6) is 11.5 Å². The second kappa shape index (κ2) is 12.4. The summed E-state index contributed by atoms with van der Waals surface area (Å²) >= 11 is 1.70. The summed E-state index contributed by atoms with van der Waals surface area (Å²) < 4.78 is 46.8. The first-order valence-electron chi connectivity index (χ1n) is 20.4. The number of hydrogen-bond donors (Lipinski definition) is 0. The minimum atomic E-state index is -3.37. The van der Waals surface area contributed by atoms with Gasteiger partial charge in [-0.05, 0) is 61.6 Å². The predicted octanol–water partition coefficient (Wildman–Crippen LogP) is 10.3. The van der Waals surface area contributed by atoms with E-state index in [9.17, 15) is 1.37 Å². The molecule has 0 radical (unpaired) electrons. The molecule has 1 aliphatic rings. The Morgan fingerprint density at radius 2 is 1.33 bits per heavy atom. The third-order valence-electron chi connectivity index (χ3n) is 11.0. The number of ether oxygens (including phenoxy) is 1. The lowest BCUT2D eigenvalue weighted by Crippen LogP contribution is -2.75. The zero-order valence-electron chi connectivity index (χ0n) is 34.3. The fourth-order valence-corrected chi connectivity index (χ4v) is 14.5. The largest absolute Gasteiger partial charge is 0.457 e. The van der Waals surface area contributed by atoms with Crippen molar-refractivity contribution >= 4 is 66.4 Å². The summed E-state index contributed by atoms with van der Waals surface area (Å²) in [6.45, 7) is 4.11. The van der Waals surface area contributed by atoms with E-state index in [-0.39, 0.29) is 5.41 Å². The molecular formula is C49H40N2OSSi. The van der Waals surface area contributed by atoms with Crippen LogP contribution in [0, 0.1) is 0 Å². The van der Waals surface area contributed by atoms with E-state index in [1.165, 1.54) is 10.3 Å². The summed E-state index contributed by atoms with van der Waals surface area (Å²) in [5.74, 6) is -1.21. The Hall–Kier alpha value is -5.75. The smallest absolute Gasteiger partial charge is 0.195 e.